The minimum atomic E-state index is -1.04. The van der Waals surface area contributed by atoms with E-state index in [1.165, 1.54) is 28.9 Å². The first-order valence-electron chi connectivity index (χ1n) is 20.7. The van der Waals surface area contributed by atoms with E-state index in [0.29, 0.717) is 42.7 Å². The minimum Gasteiger partial charge on any atom is -0.459 e. The third kappa shape index (κ3) is 11.8. The number of thiazole rings is 2. The van der Waals surface area contributed by atoms with Crippen LogP contribution in [0.4, 0.5) is 10.3 Å². The molecule has 1 saturated carbocycles. The Morgan fingerprint density at radius 2 is 1.25 bits per heavy atom. The molecule has 0 amide bonds. The minimum absolute atomic E-state index is 0.0968. The van der Waals surface area contributed by atoms with Crippen molar-refractivity contribution >= 4 is 86.5 Å². The second-order valence-corrected chi connectivity index (χ2v) is 18.1. The lowest BCUT2D eigenvalue weighted by molar-refractivity contribution is -0.162. The van der Waals surface area contributed by atoms with Gasteiger partial charge in [-0.3, -0.25) is 4.79 Å². The summed E-state index contributed by atoms with van der Waals surface area (Å²) in [6.07, 6.45) is 8.28. The summed E-state index contributed by atoms with van der Waals surface area (Å²) in [4.78, 5) is 49.7. The molecule has 16 heteroatoms. The van der Waals surface area contributed by atoms with Crippen LogP contribution in [-0.2, 0) is 19.0 Å². The Bertz CT molecular complexity index is 2640. The van der Waals surface area contributed by atoms with Crippen molar-refractivity contribution in [1.82, 2.24) is 9.97 Å². The van der Waals surface area contributed by atoms with Gasteiger partial charge in [-0.15, -0.1) is 22.7 Å². The van der Waals surface area contributed by atoms with E-state index >= 15 is 0 Å². The van der Waals surface area contributed by atoms with Crippen LogP contribution in [0.3, 0.4) is 0 Å². The van der Waals surface area contributed by atoms with Gasteiger partial charge in [0.25, 0.3) is 0 Å². The first-order valence-corrected chi connectivity index (χ1v) is 23.2. The Morgan fingerprint density at radius 3 is 1.88 bits per heavy atom. The zero-order chi connectivity index (χ0) is 45.1. The summed E-state index contributed by atoms with van der Waals surface area (Å²) in [5.41, 5.74) is 3.68. The summed E-state index contributed by atoms with van der Waals surface area (Å²) in [6.45, 7) is 3.13. The lowest BCUT2D eigenvalue weighted by Crippen LogP contribution is -2.32. The number of rotatable bonds is 17. The molecule has 2 aromatic heterocycles. The molecule has 330 valence electrons. The molecule has 0 spiro atoms. The van der Waals surface area contributed by atoms with E-state index in [1.807, 2.05) is 65.4 Å². The largest absolute Gasteiger partial charge is 0.459 e. The maximum Gasteiger partial charge on any atom is 0.341 e. The maximum atomic E-state index is 13.5. The number of ether oxygens (including phenoxy) is 3. The molecule has 0 atom stereocenters. The molecule has 0 N–H and O–H groups in total. The SMILES string of the molecule is CN(/N=C/c1ccccc1C(=O)OCOC(=O)C(C)(C)CCN(/N=C/c1ccccc1C(=O)OC1CCCCC1)c1nc(-c2ccccc2Cl)cs1)c1nc(-c2ccccc2Cl)cs1. The number of benzene rings is 4. The van der Waals surface area contributed by atoms with Gasteiger partial charge in [0.05, 0.1) is 40.4 Å². The van der Waals surface area contributed by atoms with Gasteiger partial charge < -0.3 is 14.2 Å². The molecular formula is C48H46Cl2N6O6S2. The highest BCUT2D eigenvalue weighted by Gasteiger charge is 2.31. The van der Waals surface area contributed by atoms with E-state index < -0.39 is 24.1 Å². The number of anilines is 2. The Labute approximate surface area is 390 Å². The van der Waals surface area contributed by atoms with Crippen LogP contribution in [0.1, 0.15) is 84.2 Å². The number of esters is 3. The molecular weight excluding hydrogens is 892 g/mol. The normalized spacial score (nSPS) is 13.3. The number of hydrogen-bond acceptors (Lipinski definition) is 14. The highest BCUT2D eigenvalue weighted by Crippen LogP contribution is 2.34. The molecule has 0 bridgehead atoms. The smallest absolute Gasteiger partial charge is 0.341 e. The summed E-state index contributed by atoms with van der Waals surface area (Å²) in [6, 6.07) is 28.9. The summed E-state index contributed by atoms with van der Waals surface area (Å²) in [7, 11) is 1.75. The summed E-state index contributed by atoms with van der Waals surface area (Å²) in [5.74, 6) is -1.65. The lowest BCUT2D eigenvalue weighted by atomic mass is 9.89. The van der Waals surface area contributed by atoms with Crippen LogP contribution >= 0.6 is 45.9 Å². The Morgan fingerprint density at radius 1 is 0.719 bits per heavy atom. The van der Waals surface area contributed by atoms with E-state index in [9.17, 15) is 14.4 Å². The number of halogens is 2. The molecule has 0 unspecified atom stereocenters. The topological polar surface area (TPSA) is 136 Å². The zero-order valence-electron chi connectivity index (χ0n) is 35.5. The number of carbonyl (C=O) groups is 3. The van der Waals surface area contributed by atoms with Crippen molar-refractivity contribution in [2.45, 2.75) is 58.5 Å². The summed E-state index contributed by atoms with van der Waals surface area (Å²) >= 11 is 15.7. The van der Waals surface area contributed by atoms with Crippen molar-refractivity contribution in [2.75, 3.05) is 30.4 Å². The van der Waals surface area contributed by atoms with Gasteiger partial charge in [-0.05, 0) is 70.2 Å². The molecule has 1 aliphatic rings. The Kier molecular flexibility index (Phi) is 15.6. The van der Waals surface area contributed by atoms with Gasteiger partial charge in [-0.25, -0.2) is 29.6 Å². The van der Waals surface area contributed by atoms with E-state index in [4.69, 9.17) is 47.5 Å². The Hall–Kier alpha value is -5.93. The molecule has 12 nitrogen and oxygen atoms in total. The standard InChI is InChI=1S/C48H46Cl2N6O6S2/c1-48(2,45(59)61-31-60-43(57)35-19-9-7-15-32(35)27-51-55(3)46-53-41(29-63-46)37-21-11-13-23-39(37)49)25-26-56(47-54-42(30-64-47)38-22-12-14-24-40(38)50)52-28-33-16-8-10-20-36(33)44(58)62-34-17-5-4-6-18-34/h7-16,19-24,27-30,34H,4-6,17-18,25-26,31H2,1-3H3/b51-27+,52-28+. The Balaban J connectivity index is 0.991. The van der Waals surface area contributed by atoms with Crippen molar-refractivity contribution in [1.29, 1.82) is 0 Å². The van der Waals surface area contributed by atoms with Crippen molar-refractivity contribution in [3.05, 3.63) is 140 Å². The molecule has 6 aromatic rings. The van der Waals surface area contributed by atoms with Crippen LogP contribution in [0.15, 0.2) is 118 Å². The van der Waals surface area contributed by atoms with E-state index in [2.05, 4.69) is 10.1 Å². The van der Waals surface area contributed by atoms with Crippen molar-refractivity contribution in [3.63, 3.8) is 0 Å². The first kappa shape index (κ1) is 46.1. The van der Waals surface area contributed by atoms with E-state index in [0.717, 1.165) is 48.9 Å². The zero-order valence-corrected chi connectivity index (χ0v) is 38.6. The molecule has 4 aromatic carbocycles. The van der Waals surface area contributed by atoms with Crippen molar-refractivity contribution in [3.8, 4) is 22.5 Å². The maximum absolute atomic E-state index is 13.5. The highest BCUT2D eigenvalue weighted by atomic mass is 35.5. The fourth-order valence-corrected chi connectivity index (χ4v) is 8.82. The van der Waals surface area contributed by atoms with Gasteiger partial charge in [0.15, 0.2) is 0 Å². The van der Waals surface area contributed by atoms with Crippen molar-refractivity contribution in [2.24, 2.45) is 15.6 Å². The lowest BCUT2D eigenvalue weighted by Gasteiger charge is -2.25. The van der Waals surface area contributed by atoms with Gasteiger partial charge in [0.2, 0.25) is 17.1 Å². The molecule has 0 saturated heterocycles. The van der Waals surface area contributed by atoms with Crippen LogP contribution in [0.5, 0.6) is 0 Å². The number of hydrogen-bond donors (Lipinski definition) is 0. The summed E-state index contributed by atoms with van der Waals surface area (Å²) in [5, 5.41) is 18.7. The predicted octanol–water partition coefficient (Wildman–Crippen LogP) is 11.8. The third-order valence-corrected chi connectivity index (χ3v) is 13.0. The first-order chi connectivity index (χ1) is 31.0. The van der Waals surface area contributed by atoms with E-state index in [-0.39, 0.29) is 30.6 Å². The molecule has 7 rings (SSSR count). The van der Waals surface area contributed by atoms with Crippen LogP contribution < -0.4 is 10.0 Å². The van der Waals surface area contributed by atoms with Gasteiger partial charge >= 0.3 is 17.9 Å². The monoisotopic (exact) mass is 936 g/mol. The average molecular weight is 938 g/mol. The number of hydrazone groups is 2. The fourth-order valence-electron chi connectivity index (χ4n) is 6.80. The highest BCUT2D eigenvalue weighted by molar-refractivity contribution is 7.14. The second kappa shape index (κ2) is 21.6. The predicted molar refractivity (Wildman–Crippen MR) is 256 cm³/mol. The van der Waals surface area contributed by atoms with Crippen LogP contribution in [-0.4, -0.2) is 66.8 Å². The number of nitrogens with zero attached hydrogens (tertiary/aromatic N) is 6. The average Bonchev–Trinajstić information content (AvgIpc) is 4.01. The third-order valence-electron chi connectivity index (χ3n) is 10.6. The fraction of sp³-hybridized carbons (Fsp3) is 0.271. The molecule has 1 aliphatic carbocycles. The van der Waals surface area contributed by atoms with Crippen LogP contribution in [0.25, 0.3) is 22.5 Å². The number of carbonyl (C=O) groups excluding carboxylic acids is 3. The quantitative estimate of drug-likeness (QED) is 0.0376. The molecule has 2 heterocycles. The van der Waals surface area contributed by atoms with Gasteiger partial charge in [0, 0.05) is 56.7 Å². The van der Waals surface area contributed by atoms with E-state index in [1.54, 1.807) is 79.6 Å². The van der Waals surface area contributed by atoms with Crippen molar-refractivity contribution < 1.29 is 28.6 Å². The second-order valence-electron chi connectivity index (χ2n) is 15.6. The molecule has 0 radical (unpaired) electrons. The van der Waals surface area contributed by atoms with Gasteiger partial charge in [-0.2, -0.15) is 10.2 Å². The van der Waals surface area contributed by atoms with Gasteiger partial charge in [0.1, 0.15) is 6.10 Å². The summed E-state index contributed by atoms with van der Waals surface area (Å²) < 4.78 is 16.8. The molecule has 0 aliphatic heterocycles. The van der Waals surface area contributed by atoms with Crippen LogP contribution in [0.2, 0.25) is 10.0 Å². The van der Waals surface area contributed by atoms with Gasteiger partial charge in [-0.1, -0.05) is 102 Å². The molecule has 1 fully saturated rings. The van der Waals surface area contributed by atoms with Crippen LogP contribution in [0, 0.1) is 5.41 Å². The number of aromatic nitrogens is 2. The molecule has 64 heavy (non-hydrogen) atoms.